The lowest BCUT2D eigenvalue weighted by atomic mass is 9.69. The van der Waals surface area contributed by atoms with E-state index in [2.05, 4.69) is 15.6 Å². The summed E-state index contributed by atoms with van der Waals surface area (Å²) >= 11 is 0. The first-order valence-electron chi connectivity index (χ1n) is 11.1. The van der Waals surface area contributed by atoms with Crippen molar-refractivity contribution in [2.45, 2.75) is 46.3 Å². The fourth-order valence-corrected chi connectivity index (χ4v) is 5.51. The van der Waals surface area contributed by atoms with Crippen molar-refractivity contribution in [2.24, 2.45) is 5.41 Å². The molecule has 2 aliphatic rings. The van der Waals surface area contributed by atoms with Gasteiger partial charge in [0.05, 0.1) is 46.5 Å². The highest BCUT2D eigenvalue weighted by Gasteiger charge is 2.53. The molecule has 12 heteroatoms. The van der Waals surface area contributed by atoms with Crippen LogP contribution in [0.3, 0.4) is 0 Å². The minimum atomic E-state index is -1.19. The summed E-state index contributed by atoms with van der Waals surface area (Å²) in [5.74, 6) is -0.668. The maximum Gasteiger partial charge on any atom is 0.327 e. The van der Waals surface area contributed by atoms with Gasteiger partial charge in [-0.1, -0.05) is 10.3 Å². The maximum absolute atomic E-state index is 16.0. The van der Waals surface area contributed by atoms with E-state index in [0.717, 1.165) is 0 Å². The van der Waals surface area contributed by atoms with Crippen molar-refractivity contribution in [3.8, 4) is 11.3 Å². The third-order valence-electron chi connectivity index (χ3n) is 6.95. The van der Waals surface area contributed by atoms with E-state index in [0.29, 0.717) is 52.5 Å². The van der Waals surface area contributed by atoms with Gasteiger partial charge in [0.25, 0.3) is 0 Å². The molecule has 184 valence electrons. The van der Waals surface area contributed by atoms with Crippen molar-refractivity contribution >= 4 is 35.0 Å². The van der Waals surface area contributed by atoms with Crippen LogP contribution in [0.1, 0.15) is 30.9 Å². The Labute approximate surface area is 198 Å². The average molecular weight is 485 g/mol. The smallest absolute Gasteiger partial charge is 0.327 e. The number of anilines is 1. The number of halogens is 1. The molecule has 0 aliphatic carbocycles. The number of benzene rings is 1. The van der Waals surface area contributed by atoms with Crippen LogP contribution in [0, 0.1) is 25.1 Å². The molecule has 4 amide bonds. The number of morpholine rings is 1. The van der Waals surface area contributed by atoms with Crippen molar-refractivity contribution in [3.05, 3.63) is 28.9 Å². The molecule has 1 saturated heterocycles. The molecule has 4 heterocycles. The zero-order valence-corrected chi connectivity index (χ0v) is 19.6. The van der Waals surface area contributed by atoms with Crippen LogP contribution in [-0.2, 0) is 20.7 Å². The highest BCUT2D eigenvalue weighted by atomic mass is 19.1. The van der Waals surface area contributed by atoms with E-state index < -0.39 is 35.3 Å². The molecule has 3 unspecified atom stereocenters. The number of aryl methyl sites for hydroxylation is 2. The summed E-state index contributed by atoms with van der Waals surface area (Å²) in [5.41, 5.74) is 1.29. The quantitative estimate of drug-likeness (QED) is 0.535. The second-order valence-electron chi connectivity index (χ2n) is 9.16. The number of imide groups is 2. The van der Waals surface area contributed by atoms with Gasteiger partial charge >= 0.3 is 6.03 Å². The minimum Gasteiger partial charge on any atom is -0.374 e. The number of amides is 4. The predicted molar refractivity (Wildman–Crippen MR) is 120 cm³/mol. The number of ether oxygens (including phenoxy) is 1. The molecule has 5 rings (SSSR count). The van der Waals surface area contributed by atoms with E-state index in [1.165, 1.54) is 0 Å². The molecule has 11 nitrogen and oxygen atoms in total. The molecule has 1 aromatic carbocycles. The van der Waals surface area contributed by atoms with Gasteiger partial charge in [0.2, 0.25) is 17.9 Å². The van der Waals surface area contributed by atoms with E-state index in [9.17, 15) is 14.4 Å². The van der Waals surface area contributed by atoms with E-state index in [4.69, 9.17) is 13.8 Å². The summed E-state index contributed by atoms with van der Waals surface area (Å²) in [6, 6.07) is 0.248. The van der Waals surface area contributed by atoms with E-state index in [1.54, 1.807) is 38.7 Å². The zero-order chi connectivity index (χ0) is 25.1. The maximum atomic E-state index is 16.0. The van der Waals surface area contributed by atoms with Crippen molar-refractivity contribution in [2.75, 3.05) is 18.1 Å². The first kappa shape index (κ1) is 23.0. The lowest BCUT2D eigenvalue weighted by molar-refractivity contribution is -0.134. The summed E-state index contributed by atoms with van der Waals surface area (Å²) in [6.45, 7) is 7.66. The molecule has 0 radical (unpaired) electrons. The highest BCUT2D eigenvalue weighted by molar-refractivity contribution is 6.02. The van der Waals surface area contributed by atoms with Gasteiger partial charge in [0.15, 0.2) is 5.82 Å². The number of carbonyl (C=O) groups is 3. The standard InChI is InChI=1S/C23H24FN5O6/c1-10-15(11(2)34-27-10)17-14-7-13-8-23(4,21(31)26-22(32)25-9-30)20-12(3)33-6-5-29(20)18(13)16(24)19(14)35-28-17/h7,9,12,20H,5-6,8H2,1-4H3,(H2,25,26,30,31,32). The number of hydrogen-bond acceptors (Lipinski definition) is 9. The first-order valence-corrected chi connectivity index (χ1v) is 11.1. The molecular weight excluding hydrogens is 461 g/mol. The number of urea groups is 1. The lowest BCUT2D eigenvalue weighted by Gasteiger charge is -2.53. The largest absolute Gasteiger partial charge is 0.374 e. The van der Waals surface area contributed by atoms with Gasteiger partial charge in [0, 0.05) is 6.54 Å². The number of nitrogens with zero attached hydrogens (tertiary/aromatic N) is 3. The van der Waals surface area contributed by atoms with Crippen LogP contribution in [0.15, 0.2) is 15.1 Å². The number of aromatic nitrogens is 2. The molecular formula is C23H24FN5O6. The molecule has 2 N–H and O–H groups in total. The Morgan fingerprint density at radius 1 is 1.29 bits per heavy atom. The number of nitrogens with one attached hydrogen (secondary N) is 2. The van der Waals surface area contributed by atoms with Crippen molar-refractivity contribution in [3.63, 3.8) is 0 Å². The SMILES string of the molecule is Cc1noc(C)c1-c1noc2c(F)c3c(cc12)CC(C)(C(=O)NC(=O)NC=O)C1C(C)OCCN31. The van der Waals surface area contributed by atoms with Gasteiger partial charge in [-0.05, 0) is 45.7 Å². The topological polar surface area (TPSA) is 140 Å². The average Bonchev–Trinajstić information content (AvgIpc) is 3.36. The van der Waals surface area contributed by atoms with Crippen LogP contribution in [0.2, 0.25) is 0 Å². The molecule has 2 aliphatic heterocycles. The summed E-state index contributed by atoms with van der Waals surface area (Å²) < 4.78 is 32.5. The van der Waals surface area contributed by atoms with Crippen LogP contribution in [0.25, 0.3) is 22.2 Å². The summed E-state index contributed by atoms with van der Waals surface area (Å²) in [6.07, 6.45) is -0.144. The third-order valence-corrected chi connectivity index (χ3v) is 6.95. The Kier molecular flexibility index (Phi) is 5.35. The van der Waals surface area contributed by atoms with Crippen LogP contribution in [0.4, 0.5) is 14.9 Å². The molecule has 0 saturated carbocycles. The molecule has 0 spiro atoms. The van der Waals surface area contributed by atoms with Crippen LogP contribution in [-0.4, -0.2) is 54.0 Å². The van der Waals surface area contributed by atoms with Gasteiger partial charge in [-0.25, -0.2) is 9.18 Å². The number of hydrogen-bond donors (Lipinski definition) is 2. The highest BCUT2D eigenvalue weighted by Crippen LogP contribution is 2.48. The Balaban J connectivity index is 1.68. The van der Waals surface area contributed by atoms with Crippen LogP contribution in [0.5, 0.6) is 0 Å². The molecule has 1 fully saturated rings. The summed E-state index contributed by atoms with van der Waals surface area (Å²) in [5, 5.41) is 12.6. The van der Waals surface area contributed by atoms with Gasteiger partial charge in [-0.15, -0.1) is 0 Å². The molecule has 2 aromatic heterocycles. The second-order valence-corrected chi connectivity index (χ2v) is 9.16. The molecule has 35 heavy (non-hydrogen) atoms. The number of rotatable bonds is 3. The van der Waals surface area contributed by atoms with E-state index in [-0.39, 0.29) is 18.4 Å². The number of carbonyl (C=O) groups excluding carboxylic acids is 3. The molecule has 3 aromatic rings. The Morgan fingerprint density at radius 3 is 2.74 bits per heavy atom. The minimum absolute atomic E-state index is 0.00457. The molecule has 3 atom stereocenters. The van der Waals surface area contributed by atoms with Gasteiger partial charge < -0.3 is 18.7 Å². The Bertz CT molecular complexity index is 1350. The van der Waals surface area contributed by atoms with Crippen LogP contribution < -0.4 is 15.5 Å². The Morgan fingerprint density at radius 2 is 2.06 bits per heavy atom. The normalized spacial score (nSPS) is 23.5. The first-order chi connectivity index (χ1) is 16.7. The van der Waals surface area contributed by atoms with Gasteiger partial charge in [0.1, 0.15) is 11.5 Å². The van der Waals surface area contributed by atoms with Crippen molar-refractivity contribution in [1.29, 1.82) is 0 Å². The second kappa shape index (κ2) is 8.15. The lowest BCUT2D eigenvalue weighted by Crippen LogP contribution is -2.66. The van der Waals surface area contributed by atoms with Gasteiger partial charge in [-0.3, -0.25) is 20.2 Å². The monoisotopic (exact) mass is 485 g/mol. The van der Waals surface area contributed by atoms with Gasteiger partial charge in [-0.2, -0.15) is 0 Å². The molecule has 0 bridgehead atoms. The van der Waals surface area contributed by atoms with E-state index >= 15 is 4.39 Å². The fourth-order valence-electron chi connectivity index (χ4n) is 5.51. The summed E-state index contributed by atoms with van der Waals surface area (Å²) in [7, 11) is 0. The van der Waals surface area contributed by atoms with E-state index in [1.807, 2.05) is 5.32 Å². The van der Waals surface area contributed by atoms with Crippen molar-refractivity contribution < 1.29 is 32.6 Å². The third kappa shape index (κ3) is 3.39. The van der Waals surface area contributed by atoms with Crippen molar-refractivity contribution in [1.82, 2.24) is 20.9 Å². The van der Waals surface area contributed by atoms with Crippen LogP contribution >= 0.6 is 0 Å². The number of fused-ring (bicyclic) bond motifs is 4. The zero-order valence-electron chi connectivity index (χ0n) is 19.6. The summed E-state index contributed by atoms with van der Waals surface area (Å²) in [4.78, 5) is 37.7. The fraction of sp³-hybridized carbons (Fsp3) is 0.435. The Hall–Kier alpha value is -3.80. The predicted octanol–water partition coefficient (Wildman–Crippen LogP) is 2.38.